The van der Waals surface area contributed by atoms with Gasteiger partial charge in [-0.2, -0.15) is 0 Å². The van der Waals surface area contributed by atoms with Gasteiger partial charge in [0.05, 0.1) is 0 Å². The van der Waals surface area contributed by atoms with Crippen molar-refractivity contribution in [3.8, 4) is 0 Å². The van der Waals surface area contributed by atoms with Crippen LogP contribution in [0.25, 0.3) is 0 Å². The first-order chi connectivity index (χ1) is 5.20. The lowest BCUT2D eigenvalue weighted by Crippen LogP contribution is -2.10. The maximum absolute atomic E-state index is 10.6. The summed E-state index contributed by atoms with van der Waals surface area (Å²) in [6.07, 6.45) is 1.82. The third-order valence-electron chi connectivity index (χ3n) is 1.60. The Kier molecular flexibility index (Phi) is 6.07. The van der Waals surface area contributed by atoms with E-state index in [-0.39, 0.29) is 24.9 Å². The molecule has 0 saturated carbocycles. The molecule has 0 amide bonds. The van der Waals surface area contributed by atoms with Crippen LogP contribution in [-0.2, 0) is 4.79 Å². The first kappa shape index (κ1) is 10.6. The molecule has 0 heterocycles. The summed E-state index contributed by atoms with van der Waals surface area (Å²) in [5, 5.41) is 17.2. The Labute approximate surface area is 67.0 Å². The van der Waals surface area contributed by atoms with Crippen LogP contribution in [-0.4, -0.2) is 29.2 Å². The molecule has 11 heavy (non-hydrogen) atoms. The van der Waals surface area contributed by atoms with E-state index in [1.807, 2.05) is 0 Å². The molecule has 0 radical (unpaired) electrons. The molecular weight excluding hydrogens is 144 g/mol. The average Bonchev–Trinajstić information content (AvgIpc) is 1.97. The zero-order valence-corrected chi connectivity index (χ0v) is 6.92. The van der Waals surface area contributed by atoms with Crippen LogP contribution in [0.5, 0.6) is 0 Å². The molecule has 66 valence electrons. The molecule has 2 N–H and O–H groups in total. The number of aliphatic hydroxyl groups excluding tert-OH is 2. The predicted octanol–water partition coefficient (Wildman–Crippen LogP) is 0.347. The molecule has 0 saturated heterocycles. The summed E-state index contributed by atoms with van der Waals surface area (Å²) in [5.74, 6) is 0.140. The molecule has 1 atom stereocenters. The molecule has 0 aliphatic rings. The van der Waals surface area contributed by atoms with E-state index in [2.05, 4.69) is 0 Å². The lowest BCUT2D eigenvalue weighted by molar-refractivity contribution is -0.118. The highest BCUT2D eigenvalue weighted by molar-refractivity contribution is 5.75. The van der Waals surface area contributed by atoms with E-state index in [1.165, 1.54) is 6.92 Å². The highest BCUT2D eigenvalue weighted by Gasteiger charge is 2.08. The third-order valence-corrected chi connectivity index (χ3v) is 1.60. The second-order valence-corrected chi connectivity index (χ2v) is 2.82. The molecule has 0 aromatic rings. The quantitative estimate of drug-likeness (QED) is 0.589. The fraction of sp³-hybridized carbons (Fsp3) is 0.875. The van der Waals surface area contributed by atoms with Crippen molar-refractivity contribution in [1.29, 1.82) is 0 Å². The van der Waals surface area contributed by atoms with Crippen LogP contribution in [0.15, 0.2) is 0 Å². The minimum absolute atomic E-state index is 0.0413. The fourth-order valence-corrected chi connectivity index (χ4v) is 1.04. The van der Waals surface area contributed by atoms with Gasteiger partial charge in [0.15, 0.2) is 0 Å². The summed E-state index contributed by atoms with van der Waals surface area (Å²) >= 11 is 0. The zero-order valence-electron chi connectivity index (χ0n) is 6.92. The van der Waals surface area contributed by atoms with Crippen molar-refractivity contribution in [3.63, 3.8) is 0 Å². The van der Waals surface area contributed by atoms with Crippen LogP contribution in [0.3, 0.4) is 0 Å². The largest absolute Gasteiger partial charge is 0.396 e. The summed E-state index contributed by atoms with van der Waals surface area (Å²) in [5.41, 5.74) is 0. The number of hydrogen-bond donors (Lipinski definition) is 2. The molecular formula is C8H16O3. The number of rotatable bonds is 6. The lowest BCUT2D eigenvalue weighted by atomic mass is 9.99. The van der Waals surface area contributed by atoms with E-state index in [0.29, 0.717) is 12.8 Å². The summed E-state index contributed by atoms with van der Waals surface area (Å²) in [6, 6.07) is 0. The van der Waals surface area contributed by atoms with Gasteiger partial charge in [-0.15, -0.1) is 0 Å². The van der Waals surface area contributed by atoms with Gasteiger partial charge in [0.2, 0.25) is 0 Å². The molecule has 0 bridgehead atoms. The van der Waals surface area contributed by atoms with Gasteiger partial charge in [0.1, 0.15) is 5.78 Å². The fourth-order valence-electron chi connectivity index (χ4n) is 1.04. The van der Waals surface area contributed by atoms with E-state index >= 15 is 0 Å². The zero-order chi connectivity index (χ0) is 8.69. The van der Waals surface area contributed by atoms with Gasteiger partial charge >= 0.3 is 0 Å². The van der Waals surface area contributed by atoms with Crippen molar-refractivity contribution in [3.05, 3.63) is 0 Å². The van der Waals surface area contributed by atoms with E-state index in [0.717, 1.165) is 6.42 Å². The van der Waals surface area contributed by atoms with E-state index < -0.39 is 0 Å². The van der Waals surface area contributed by atoms with Gasteiger partial charge < -0.3 is 15.0 Å². The smallest absolute Gasteiger partial charge is 0.130 e. The minimum Gasteiger partial charge on any atom is -0.396 e. The lowest BCUT2D eigenvalue weighted by Gasteiger charge is -2.10. The second-order valence-electron chi connectivity index (χ2n) is 2.82. The van der Waals surface area contributed by atoms with E-state index in [9.17, 15) is 4.79 Å². The summed E-state index contributed by atoms with van der Waals surface area (Å²) in [6.45, 7) is 1.69. The van der Waals surface area contributed by atoms with Gasteiger partial charge in [-0.1, -0.05) is 0 Å². The molecule has 0 aliphatic carbocycles. The van der Waals surface area contributed by atoms with Gasteiger partial charge in [-0.25, -0.2) is 0 Å². The Hall–Kier alpha value is -0.410. The number of carbonyl (C=O) groups is 1. The van der Waals surface area contributed by atoms with Crippen molar-refractivity contribution < 1.29 is 15.0 Å². The van der Waals surface area contributed by atoms with Crippen molar-refractivity contribution in [2.75, 3.05) is 13.2 Å². The first-order valence-electron chi connectivity index (χ1n) is 3.91. The number of aliphatic hydroxyl groups is 2. The SMILES string of the molecule is CC(=O)CC(CO)CCCO. The minimum atomic E-state index is 0.0413. The Bertz CT molecular complexity index is 112. The number of hydrogen-bond acceptors (Lipinski definition) is 3. The molecule has 0 aromatic heterocycles. The Morgan fingerprint density at radius 3 is 2.45 bits per heavy atom. The second kappa shape index (κ2) is 6.31. The molecule has 0 rings (SSSR count). The highest BCUT2D eigenvalue weighted by Crippen LogP contribution is 2.10. The molecule has 0 aliphatic heterocycles. The van der Waals surface area contributed by atoms with Gasteiger partial charge in [0, 0.05) is 19.6 Å². The molecule has 0 aromatic carbocycles. The van der Waals surface area contributed by atoms with E-state index in [4.69, 9.17) is 10.2 Å². The monoisotopic (exact) mass is 160 g/mol. The Morgan fingerprint density at radius 1 is 1.45 bits per heavy atom. The Balaban J connectivity index is 3.49. The topological polar surface area (TPSA) is 57.5 Å². The molecule has 3 heteroatoms. The average molecular weight is 160 g/mol. The van der Waals surface area contributed by atoms with Gasteiger partial charge in [0.25, 0.3) is 0 Å². The van der Waals surface area contributed by atoms with Gasteiger partial charge in [-0.3, -0.25) is 0 Å². The summed E-state index contributed by atoms with van der Waals surface area (Å²) in [7, 11) is 0. The first-order valence-corrected chi connectivity index (χ1v) is 3.91. The standard InChI is InChI=1S/C8H16O3/c1-7(11)5-8(6-10)3-2-4-9/h8-10H,2-6H2,1H3. The molecule has 0 fully saturated rings. The number of Topliss-reactive ketones (excluding diaryl/α,β-unsaturated/α-hetero) is 1. The van der Waals surface area contributed by atoms with Crippen LogP contribution in [0.1, 0.15) is 26.2 Å². The summed E-state index contributed by atoms with van der Waals surface area (Å²) in [4.78, 5) is 10.6. The van der Waals surface area contributed by atoms with Crippen molar-refractivity contribution >= 4 is 5.78 Å². The van der Waals surface area contributed by atoms with Crippen molar-refractivity contribution in [1.82, 2.24) is 0 Å². The van der Waals surface area contributed by atoms with E-state index in [1.54, 1.807) is 0 Å². The predicted molar refractivity (Wildman–Crippen MR) is 42.2 cm³/mol. The van der Waals surface area contributed by atoms with Crippen molar-refractivity contribution in [2.24, 2.45) is 5.92 Å². The maximum Gasteiger partial charge on any atom is 0.130 e. The molecule has 3 nitrogen and oxygen atoms in total. The van der Waals surface area contributed by atoms with Crippen LogP contribution in [0.2, 0.25) is 0 Å². The van der Waals surface area contributed by atoms with Crippen LogP contribution in [0, 0.1) is 5.92 Å². The molecule has 0 spiro atoms. The van der Waals surface area contributed by atoms with Crippen LogP contribution in [0.4, 0.5) is 0 Å². The normalized spacial score (nSPS) is 13.0. The van der Waals surface area contributed by atoms with Crippen LogP contribution < -0.4 is 0 Å². The summed E-state index contributed by atoms with van der Waals surface area (Å²) < 4.78 is 0. The molecule has 1 unspecified atom stereocenters. The van der Waals surface area contributed by atoms with Gasteiger partial charge in [-0.05, 0) is 25.7 Å². The van der Waals surface area contributed by atoms with Crippen LogP contribution >= 0.6 is 0 Å². The number of carbonyl (C=O) groups excluding carboxylic acids is 1. The van der Waals surface area contributed by atoms with Crippen molar-refractivity contribution in [2.45, 2.75) is 26.2 Å². The maximum atomic E-state index is 10.6. The third kappa shape index (κ3) is 6.01. The highest BCUT2D eigenvalue weighted by atomic mass is 16.3. The number of ketones is 1. The Morgan fingerprint density at radius 2 is 2.09 bits per heavy atom.